The lowest BCUT2D eigenvalue weighted by atomic mass is 9.81. The van der Waals surface area contributed by atoms with E-state index in [1.165, 1.54) is 12.1 Å². The quantitative estimate of drug-likeness (QED) is 0.652. The molecule has 0 aliphatic rings. The molecule has 112 valence electrons. The van der Waals surface area contributed by atoms with Gasteiger partial charge in [-0.1, -0.05) is 18.2 Å². The summed E-state index contributed by atoms with van der Waals surface area (Å²) >= 11 is 0. The Bertz CT molecular complexity index is 665. The monoisotopic (exact) mass is 297 g/mol. The van der Waals surface area contributed by atoms with Gasteiger partial charge >= 0.3 is 0 Å². The van der Waals surface area contributed by atoms with Gasteiger partial charge in [0.1, 0.15) is 0 Å². The average molecular weight is 297 g/mol. The minimum atomic E-state index is -0.470. The van der Waals surface area contributed by atoms with Crippen molar-refractivity contribution < 1.29 is 10.0 Å². The Hall–Kier alpha value is -2.78. The minimum Gasteiger partial charge on any atom is -0.396 e. The Kier molecular flexibility index (Phi) is 5.17. The molecule has 1 N–H and O–H groups in total. The Morgan fingerprint density at radius 1 is 1.27 bits per heavy atom. The first-order valence-electron chi connectivity index (χ1n) is 6.82. The Morgan fingerprint density at radius 2 is 2.00 bits per heavy atom. The first kappa shape index (κ1) is 15.6. The molecule has 0 spiro atoms. The van der Waals surface area contributed by atoms with Gasteiger partial charge in [0.15, 0.2) is 0 Å². The van der Waals surface area contributed by atoms with Gasteiger partial charge in [0.05, 0.1) is 16.9 Å². The highest BCUT2D eigenvalue weighted by Gasteiger charge is 2.25. The van der Waals surface area contributed by atoms with E-state index in [2.05, 4.69) is 11.1 Å². The summed E-state index contributed by atoms with van der Waals surface area (Å²) in [6.45, 7) is -0.0693. The van der Waals surface area contributed by atoms with Crippen molar-refractivity contribution in [1.29, 1.82) is 5.26 Å². The van der Waals surface area contributed by atoms with Crippen LogP contribution in [-0.2, 0) is 0 Å². The number of rotatable bonds is 6. The van der Waals surface area contributed by atoms with Crippen LogP contribution in [0.4, 0.5) is 5.69 Å². The summed E-state index contributed by atoms with van der Waals surface area (Å²) in [6, 6.07) is 11.9. The molecular formula is C16H15N3O3. The molecule has 6 nitrogen and oxygen atoms in total. The van der Waals surface area contributed by atoms with Gasteiger partial charge in [-0.2, -0.15) is 5.26 Å². The van der Waals surface area contributed by atoms with E-state index in [9.17, 15) is 20.5 Å². The highest BCUT2D eigenvalue weighted by atomic mass is 16.6. The molecule has 6 heteroatoms. The fourth-order valence-electron chi connectivity index (χ4n) is 2.46. The van der Waals surface area contributed by atoms with Crippen LogP contribution in [0.15, 0.2) is 48.8 Å². The van der Waals surface area contributed by atoms with Gasteiger partial charge in [-0.3, -0.25) is 15.1 Å². The minimum absolute atomic E-state index is 0.00128. The zero-order chi connectivity index (χ0) is 15.9. The van der Waals surface area contributed by atoms with E-state index >= 15 is 0 Å². The van der Waals surface area contributed by atoms with Gasteiger partial charge in [0, 0.05) is 37.1 Å². The molecule has 0 fully saturated rings. The first-order chi connectivity index (χ1) is 10.7. The lowest BCUT2D eigenvalue weighted by molar-refractivity contribution is -0.384. The van der Waals surface area contributed by atoms with Crippen molar-refractivity contribution in [3.63, 3.8) is 0 Å². The molecule has 1 aromatic heterocycles. The van der Waals surface area contributed by atoms with Crippen LogP contribution < -0.4 is 0 Å². The topological polar surface area (TPSA) is 100 Å². The molecule has 0 unspecified atom stereocenters. The number of benzene rings is 1. The van der Waals surface area contributed by atoms with E-state index in [1.807, 2.05) is 6.07 Å². The molecule has 0 amide bonds. The molecule has 0 aliphatic carbocycles. The van der Waals surface area contributed by atoms with Gasteiger partial charge in [-0.25, -0.2) is 0 Å². The van der Waals surface area contributed by atoms with Crippen molar-refractivity contribution >= 4 is 5.69 Å². The van der Waals surface area contributed by atoms with Gasteiger partial charge < -0.3 is 5.11 Å². The van der Waals surface area contributed by atoms with Crippen molar-refractivity contribution in [3.05, 3.63) is 70.0 Å². The van der Waals surface area contributed by atoms with E-state index in [0.717, 1.165) is 11.1 Å². The summed E-state index contributed by atoms with van der Waals surface area (Å²) in [6.07, 6.45) is 3.65. The lowest BCUT2D eigenvalue weighted by Gasteiger charge is -2.21. The summed E-state index contributed by atoms with van der Waals surface area (Å²) in [7, 11) is 0. The number of nitrogens with zero attached hydrogens (tertiary/aromatic N) is 3. The normalized spacial score (nSPS) is 13.1. The molecule has 2 atom stereocenters. The third-order valence-electron chi connectivity index (χ3n) is 3.56. The van der Waals surface area contributed by atoms with E-state index in [4.69, 9.17) is 0 Å². The summed E-state index contributed by atoms with van der Waals surface area (Å²) < 4.78 is 0. The molecule has 0 saturated heterocycles. The van der Waals surface area contributed by atoms with Crippen LogP contribution in [0.3, 0.4) is 0 Å². The predicted molar refractivity (Wildman–Crippen MR) is 80.1 cm³/mol. The number of aromatic nitrogens is 1. The number of pyridine rings is 1. The molecular weight excluding hydrogens is 282 g/mol. The summed E-state index contributed by atoms with van der Waals surface area (Å²) in [5.41, 5.74) is 1.55. The average Bonchev–Trinajstić information content (AvgIpc) is 2.56. The number of nitro groups is 1. The first-order valence-corrected chi connectivity index (χ1v) is 6.82. The van der Waals surface area contributed by atoms with Crippen LogP contribution in [0.1, 0.15) is 29.4 Å². The van der Waals surface area contributed by atoms with Crippen LogP contribution in [0.25, 0.3) is 0 Å². The molecule has 22 heavy (non-hydrogen) atoms. The SMILES string of the molecule is N#C[C@H](c1cccnc1)[C@H](CCO)c1ccc([N+](=O)[O-])cc1. The second-order valence-corrected chi connectivity index (χ2v) is 4.86. The number of nitro benzene ring substituents is 1. The van der Waals surface area contributed by atoms with Gasteiger partial charge in [0.2, 0.25) is 0 Å². The molecule has 2 rings (SSSR count). The standard InChI is InChI=1S/C16H15N3O3/c17-10-16(13-2-1-8-18-11-13)15(7-9-20)12-3-5-14(6-4-12)19(21)22/h1-6,8,11,15-16,20H,7,9H2/t15-,16-/m1/s1. The van der Waals surface area contributed by atoms with Crippen molar-refractivity contribution in [2.24, 2.45) is 0 Å². The largest absolute Gasteiger partial charge is 0.396 e. The Balaban J connectivity index is 2.36. The van der Waals surface area contributed by atoms with Crippen molar-refractivity contribution in [3.8, 4) is 6.07 Å². The predicted octanol–water partition coefficient (Wildman–Crippen LogP) is 2.76. The number of aliphatic hydroxyl groups is 1. The highest BCUT2D eigenvalue weighted by molar-refractivity contribution is 5.37. The van der Waals surface area contributed by atoms with Crippen molar-refractivity contribution in [2.45, 2.75) is 18.3 Å². The Labute approximate surface area is 127 Å². The molecule has 0 bridgehead atoms. The second kappa shape index (κ2) is 7.29. The van der Waals surface area contributed by atoms with Gasteiger partial charge in [0.25, 0.3) is 5.69 Å². The molecule has 1 aromatic carbocycles. The van der Waals surface area contributed by atoms with Crippen LogP contribution in [0.2, 0.25) is 0 Å². The maximum absolute atomic E-state index is 10.7. The van der Waals surface area contributed by atoms with E-state index in [-0.39, 0.29) is 18.2 Å². The summed E-state index contributed by atoms with van der Waals surface area (Å²) in [4.78, 5) is 14.3. The van der Waals surface area contributed by atoms with Crippen LogP contribution in [0.5, 0.6) is 0 Å². The maximum atomic E-state index is 10.7. The fraction of sp³-hybridized carbons (Fsp3) is 0.250. The maximum Gasteiger partial charge on any atom is 0.269 e. The zero-order valence-electron chi connectivity index (χ0n) is 11.8. The van der Waals surface area contributed by atoms with E-state index in [0.29, 0.717) is 6.42 Å². The van der Waals surface area contributed by atoms with Gasteiger partial charge in [-0.15, -0.1) is 0 Å². The van der Waals surface area contributed by atoms with Crippen LogP contribution >= 0.6 is 0 Å². The number of hydrogen-bond donors (Lipinski definition) is 1. The Morgan fingerprint density at radius 3 is 2.50 bits per heavy atom. The summed E-state index contributed by atoms with van der Waals surface area (Å²) in [5, 5.41) is 29.5. The molecule has 0 aliphatic heterocycles. The molecule has 0 saturated carbocycles. The third-order valence-corrected chi connectivity index (χ3v) is 3.56. The number of hydrogen-bond acceptors (Lipinski definition) is 5. The number of non-ortho nitro benzene ring substituents is 1. The lowest BCUT2D eigenvalue weighted by Crippen LogP contribution is -2.12. The van der Waals surface area contributed by atoms with Crippen molar-refractivity contribution in [1.82, 2.24) is 4.98 Å². The molecule has 0 radical (unpaired) electrons. The van der Waals surface area contributed by atoms with E-state index < -0.39 is 10.8 Å². The van der Waals surface area contributed by atoms with Crippen LogP contribution in [0, 0.1) is 21.4 Å². The second-order valence-electron chi connectivity index (χ2n) is 4.86. The zero-order valence-corrected chi connectivity index (χ0v) is 11.8. The highest BCUT2D eigenvalue weighted by Crippen LogP contribution is 2.35. The van der Waals surface area contributed by atoms with Gasteiger partial charge in [-0.05, 0) is 23.6 Å². The van der Waals surface area contributed by atoms with Crippen LogP contribution in [-0.4, -0.2) is 21.6 Å². The summed E-state index contributed by atoms with van der Waals surface area (Å²) in [5.74, 6) is -0.720. The molecule has 1 heterocycles. The fourth-order valence-corrected chi connectivity index (χ4v) is 2.46. The smallest absolute Gasteiger partial charge is 0.269 e. The van der Waals surface area contributed by atoms with Crippen molar-refractivity contribution in [2.75, 3.05) is 6.61 Å². The van der Waals surface area contributed by atoms with E-state index in [1.54, 1.807) is 30.6 Å². The molecule has 2 aromatic rings. The number of nitriles is 1. The third kappa shape index (κ3) is 3.45. The number of aliphatic hydroxyl groups excluding tert-OH is 1.